The van der Waals surface area contributed by atoms with Gasteiger partial charge in [-0.05, 0) is 24.3 Å². The van der Waals surface area contributed by atoms with Crippen molar-refractivity contribution in [3.8, 4) is 5.75 Å². The van der Waals surface area contributed by atoms with E-state index in [1.54, 1.807) is 31.4 Å². The number of carbonyl (C=O) groups is 1. The zero-order chi connectivity index (χ0) is 14.2. The molecule has 1 N–H and O–H groups in total. The van der Waals surface area contributed by atoms with Gasteiger partial charge in [-0.1, -0.05) is 20.8 Å². The normalized spacial score (nSPS) is 11.6. The third-order valence-electron chi connectivity index (χ3n) is 3.01. The molecule has 1 aromatic carbocycles. The number of carboxylic acid groups (broad SMARTS) is 1. The molecular formula is C15H17NO3. The predicted molar refractivity (Wildman–Crippen MR) is 74.0 cm³/mol. The summed E-state index contributed by atoms with van der Waals surface area (Å²) in [5.41, 5.74) is 1.50. The van der Waals surface area contributed by atoms with Gasteiger partial charge in [0.1, 0.15) is 5.75 Å². The molecule has 0 aliphatic heterocycles. The largest absolute Gasteiger partial charge is 0.497 e. The van der Waals surface area contributed by atoms with E-state index in [0.29, 0.717) is 16.7 Å². The maximum Gasteiger partial charge on any atom is 0.336 e. The Bertz CT molecular complexity index is 642. The van der Waals surface area contributed by atoms with Crippen molar-refractivity contribution in [2.45, 2.75) is 26.2 Å². The highest BCUT2D eigenvalue weighted by molar-refractivity contribution is 6.03. The molecule has 0 bridgehead atoms. The standard InChI is InChI=1S/C15H17NO3/c1-15(2,3)13-8-11(14(17)18)10-7-9(19-4)5-6-12(10)16-13/h5-8H,1-4H3,(H,17,18). The molecule has 1 heterocycles. The van der Waals surface area contributed by atoms with E-state index in [4.69, 9.17) is 4.74 Å². The lowest BCUT2D eigenvalue weighted by Gasteiger charge is -2.19. The van der Waals surface area contributed by atoms with E-state index in [1.165, 1.54) is 0 Å². The molecule has 0 spiro atoms. The van der Waals surface area contributed by atoms with Gasteiger partial charge in [0.05, 0.1) is 18.2 Å². The van der Waals surface area contributed by atoms with E-state index in [9.17, 15) is 9.90 Å². The number of aromatic carboxylic acids is 1. The Balaban J connectivity index is 2.79. The number of methoxy groups -OCH3 is 1. The number of hydrogen-bond acceptors (Lipinski definition) is 3. The molecule has 4 heteroatoms. The monoisotopic (exact) mass is 259 g/mol. The Morgan fingerprint density at radius 1 is 1.26 bits per heavy atom. The molecule has 0 fully saturated rings. The summed E-state index contributed by atoms with van der Waals surface area (Å²) in [6, 6.07) is 6.92. The lowest BCUT2D eigenvalue weighted by atomic mass is 9.90. The van der Waals surface area contributed by atoms with Crippen molar-refractivity contribution >= 4 is 16.9 Å². The van der Waals surface area contributed by atoms with Gasteiger partial charge >= 0.3 is 5.97 Å². The SMILES string of the molecule is COc1ccc2nc(C(C)(C)C)cc(C(=O)O)c2c1. The Labute approximate surface area is 112 Å². The van der Waals surface area contributed by atoms with Crippen molar-refractivity contribution in [2.24, 2.45) is 0 Å². The fraction of sp³-hybridized carbons (Fsp3) is 0.333. The second-order valence-corrected chi connectivity index (χ2v) is 5.49. The molecule has 0 aliphatic rings. The molecule has 0 aliphatic carbocycles. The first-order chi connectivity index (χ1) is 8.82. The van der Waals surface area contributed by atoms with E-state index in [1.807, 2.05) is 20.8 Å². The van der Waals surface area contributed by atoms with Crippen LogP contribution in [0.4, 0.5) is 0 Å². The second-order valence-electron chi connectivity index (χ2n) is 5.49. The quantitative estimate of drug-likeness (QED) is 0.899. The molecule has 100 valence electrons. The van der Waals surface area contributed by atoms with Crippen LogP contribution in [0.3, 0.4) is 0 Å². The predicted octanol–water partition coefficient (Wildman–Crippen LogP) is 3.24. The molecule has 2 rings (SSSR count). The first-order valence-corrected chi connectivity index (χ1v) is 6.05. The molecule has 0 saturated heterocycles. The lowest BCUT2D eigenvalue weighted by molar-refractivity contribution is 0.0699. The van der Waals surface area contributed by atoms with Crippen LogP contribution < -0.4 is 4.74 Å². The highest BCUT2D eigenvalue weighted by Crippen LogP contribution is 2.28. The third-order valence-corrected chi connectivity index (χ3v) is 3.01. The minimum atomic E-state index is -0.953. The number of fused-ring (bicyclic) bond motifs is 1. The van der Waals surface area contributed by atoms with Crippen LogP contribution in [0, 0.1) is 0 Å². The van der Waals surface area contributed by atoms with E-state index in [2.05, 4.69) is 4.98 Å². The number of rotatable bonds is 2. The van der Waals surface area contributed by atoms with Crippen LogP contribution in [0.2, 0.25) is 0 Å². The Morgan fingerprint density at radius 3 is 2.47 bits per heavy atom. The number of hydrogen-bond donors (Lipinski definition) is 1. The lowest BCUT2D eigenvalue weighted by Crippen LogP contribution is -2.15. The van der Waals surface area contributed by atoms with Crippen molar-refractivity contribution in [2.75, 3.05) is 7.11 Å². The van der Waals surface area contributed by atoms with E-state index in [-0.39, 0.29) is 11.0 Å². The molecule has 0 atom stereocenters. The van der Waals surface area contributed by atoms with Crippen LogP contribution >= 0.6 is 0 Å². The summed E-state index contributed by atoms with van der Waals surface area (Å²) in [4.78, 5) is 16.0. The Hall–Kier alpha value is -2.10. The summed E-state index contributed by atoms with van der Waals surface area (Å²) in [6.07, 6.45) is 0. The average molecular weight is 259 g/mol. The van der Waals surface area contributed by atoms with Gasteiger partial charge < -0.3 is 9.84 Å². The Morgan fingerprint density at radius 2 is 1.95 bits per heavy atom. The maximum absolute atomic E-state index is 11.4. The number of benzene rings is 1. The molecule has 2 aromatic rings. The first-order valence-electron chi connectivity index (χ1n) is 6.05. The van der Waals surface area contributed by atoms with Gasteiger partial charge in [0.2, 0.25) is 0 Å². The number of ether oxygens (including phenoxy) is 1. The van der Waals surface area contributed by atoms with Crippen LogP contribution in [0.25, 0.3) is 10.9 Å². The van der Waals surface area contributed by atoms with Crippen molar-refractivity contribution in [1.29, 1.82) is 0 Å². The number of carboxylic acids is 1. The molecular weight excluding hydrogens is 242 g/mol. The van der Waals surface area contributed by atoms with Gasteiger partial charge in [-0.25, -0.2) is 4.79 Å². The number of pyridine rings is 1. The van der Waals surface area contributed by atoms with Crippen LogP contribution in [0.5, 0.6) is 5.75 Å². The smallest absolute Gasteiger partial charge is 0.336 e. The van der Waals surface area contributed by atoms with Crippen LogP contribution in [-0.4, -0.2) is 23.2 Å². The summed E-state index contributed by atoms with van der Waals surface area (Å²) >= 11 is 0. The zero-order valence-corrected chi connectivity index (χ0v) is 11.5. The maximum atomic E-state index is 11.4. The van der Waals surface area contributed by atoms with Crippen molar-refractivity contribution < 1.29 is 14.6 Å². The van der Waals surface area contributed by atoms with E-state index in [0.717, 1.165) is 5.69 Å². The number of nitrogens with zero attached hydrogens (tertiary/aromatic N) is 1. The summed E-state index contributed by atoms with van der Waals surface area (Å²) in [6.45, 7) is 6.03. The number of aromatic nitrogens is 1. The second kappa shape index (κ2) is 4.53. The summed E-state index contributed by atoms with van der Waals surface area (Å²) < 4.78 is 5.13. The zero-order valence-electron chi connectivity index (χ0n) is 11.5. The minimum Gasteiger partial charge on any atom is -0.497 e. The van der Waals surface area contributed by atoms with E-state index >= 15 is 0 Å². The fourth-order valence-corrected chi connectivity index (χ4v) is 1.89. The molecule has 0 amide bonds. The summed E-state index contributed by atoms with van der Waals surface area (Å²) in [5.74, 6) is -0.327. The van der Waals surface area contributed by atoms with Crippen molar-refractivity contribution in [3.63, 3.8) is 0 Å². The highest BCUT2D eigenvalue weighted by Gasteiger charge is 2.20. The van der Waals surface area contributed by atoms with Gasteiger partial charge in [-0.3, -0.25) is 4.98 Å². The Kier molecular flexibility index (Phi) is 3.18. The molecule has 0 saturated carbocycles. The van der Waals surface area contributed by atoms with Gasteiger partial charge in [-0.2, -0.15) is 0 Å². The van der Waals surface area contributed by atoms with Crippen molar-refractivity contribution in [3.05, 3.63) is 35.5 Å². The molecule has 19 heavy (non-hydrogen) atoms. The minimum absolute atomic E-state index is 0.196. The first kappa shape index (κ1) is 13.3. The molecule has 0 unspecified atom stereocenters. The molecule has 4 nitrogen and oxygen atoms in total. The molecule has 0 radical (unpaired) electrons. The third kappa shape index (κ3) is 2.52. The van der Waals surface area contributed by atoms with Crippen molar-refractivity contribution in [1.82, 2.24) is 4.98 Å². The van der Waals surface area contributed by atoms with Gasteiger partial charge in [0.15, 0.2) is 0 Å². The van der Waals surface area contributed by atoms with Crippen LogP contribution in [0.15, 0.2) is 24.3 Å². The average Bonchev–Trinajstić information content (AvgIpc) is 2.35. The molecule has 1 aromatic heterocycles. The summed E-state index contributed by atoms with van der Waals surface area (Å²) in [5, 5.41) is 9.97. The van der Waals surface area contributed by atoms with Crippen LogP contribution in [-0.2, 0) is 5.41 Å². The van der Waals surface area contributed by atoms with Crippen LogP contribution in [0.1, 0.15) is 36.8 Å². The van der Waals surface area contributed by atoms with Gasteiger partial charge in [0, 0.05) is 16.5 Å². The topological polar surface area (TPSA) is 59.4 Å². The highest BCUT2D eigenvalue weighted by atomic mass is 16.5. The summed E-state index contributed by atoms with van der Waals surface area (Å²) in [7, 11) is 1.55. The van der Waals surface area contributed by atoms with Gasteiger partial charge in [-0.15, -0.1) is 0 Å². The van der Waals surface area contributed by atoms with Gasteiger partial charge in [0.25, 0.3) is 0 Å². The van der Waals surface area contributed by atoms with E-state index < -0.39 is 5.97 Å². The fourth-order valence-electron chi connectivity index (χ4n) is 1.89.